The third-order valence-electron chi connectivity index (χ3n) is 3.57. The molecule has 1 heterocycles. The zero-order valence-electron chi connectivity index (χ0n) is 12.9. The summed E-state index contributed by atoms with van der Waals surface area (Å²) in [6, 6.07) is 0. The first-order valence-electron chi connectivity index (χ1n) is 7.51. The van der Waals surface area contributed by atoms with Gasteiger partial charge in [0, 0.05) is 6.42 Å². The van der Waals surface area contributed by atoms with E-state index in [1.54, 1.807) is 6.92 Å². The first-order valence-corrected chi connectivity index (χ1v) is 7.51. The zero-order valence-corrected chi connectivity index (χ0v) is 15.0. The minimum absolute atomic E-state index is 0. The quantitative estimate of drug-likeness (QED) is 0.257. The number of nitrogens with zero attached hydrogens (tertiary/aromatic N) is 1. The molecule has 3 nitrogen and oxygen atoms in total. The number of H-pyrrole nitrogens is 1. The van der Waals surface area contributed by atoms with Crippen molar-refractivity contribution in [3.63, 3.8) is 0 Å². The highest BCUT2D eigenvalue weighted by Gasteiger charge is 2.15. The Morgan fingerprint density at radius 1 is 1.25 bits per heavy atom. The Bertz CT molecular complexity index is 375. The van der Waals surface area contributed by atoms with Crippen molar-refractivity contribution >= 4 is 0 Å². The first kappa shape index (κ1) is 19.6. The summed E-state index contributed by atoms with van der Waals surface area (Å²) in [5.41, 5.74) is 0.905. The van der Waals surface area contributed by atoms with Crippen LogP contribution in [0.2, 0.25) is 0 Å². The van der Waals surface area contributed by atoms with E-state index in [2.05, 4.69) is 16.1 Å². The lowest BCUT2D eigenvalue weighted by Crippen LogP contribution is -3.00. The van der Waals surface area contributed by atoms with Crippen molar-refractivity contribution in [2.45, 2.75) is 64.4 Å². The van der Waals surface area contributed by atoms with Gasteiger partial charge in [0.25, 0.3) is 5.82 Å². The van der Waals surface area contributed by atoms with E-state index in [0.29, 0.717) is 0 Å². The van der Waals surface area contributed by atoms with Gasteiger partial charge in [0.1, 0.15) is 12.3 Å². The molecule has 0 bridgehead atoms. The molecule has 1 unspecified atom stereocenters. The SMILES string of the molecule is C=CCCCCCCCCc1[nH]c(C(C)O)c[n+]1C.[I-]. The van der Waals surface area contributed by atoms with Crippen LogP contribution in [-0.4, -0.2) is 10.1 Å². The van der Waals surface area contributed by atoms with E-state index < -0.39 is 6.10 Å². The number of hydrogen-bond donors (Lipinski definition) is 2. The molecule has 1 aromatic rings. The fraction of sp³-hybridized carbons (Fsp3) is 0.688. The van der Waals surface area contributed by atoms with Crippen LogP contribution >= 0.6 is 0 Å². The fourth-order valence-electron chi connectivity index (χ4n) is 2.31. The molecule has 0 saturated heterocycles. The van der Waals surface area contributed by atoms with Gasteiger partial charge in [0.05, 0.1) is 7.05 Å². The zero-order chi connectivity index (χ0) is 14.1. The molecule has 0 aliphatic carbocycles. The Morgan fingerprint density at radius 3 is 2.40 bits per heavy atom. The van der Waals surface area contributed by atoms with Gasteiger partial charge < -0.3 is 29.1 Å². The average Bonchev–Trinajstić information content (AvgIpc) is 2.74. The Balaban J connectivity index is 0.00000361. The summed E-state index contributed by atoms with van der Waals surface area (Å²) < 4.78 is 2.09. The van der Waals surface area contributed by atoms with Crippen LogP contribution in [0.25, 0.3) is 0 Å². The summed E-state index contributed by atoms with van der Waals surface area (Å²) in [4.78, 5) is 3.30. The van der Waals surface area contributed by atoms with Gasteiger partial charge in [-0.05, 0) is 26.2 Å². The topological polar surface area (TPSA) is 39.9 Å². The van der Waals surface area contributed by atoms with Crippen LogP contribution in [0.15, 0.2) is 18.9 Å². The van der Waals surface area contributed by atoms with Gasteiger partial charge in [0.15, 0.2) is 5.69 Å². The molecule has 0 radical (unpaired) electrons. The molecule has 20 heavy (non-hydrogen) atoms. The molecule has 0 saturated carbocycles. The van der Waals surface area contributed by atoms with Crippen molar-refractivity contribution in [1.82, 2.24) is 4.98 Å². The molecule has 0 aliphatic heterocycles. The lowest BCUT2D eigenvalue weighted by Gasteiger charge is -1.99. The van der Waals surface area contributed by atoms with Crippen molar-refractivity contribution in [2.24, 2.45) is 7.05 Å². The number of aromatic nitrogens is 2. The van der Waals surface area contributed by atoms with Gasteiger partial charge in [-0.1, -0.05) is 31.8 Å². The molecule has 1 aromatic heterocycles. The van der Waals surface area contributed by atoms with Crippen LogP contribution in [0.1, 0.15) is 69.5 Å². The standard InChI is InChI=1S/C16H28N2O.HI/c1-4-5-6-7-8-9-10-11-12-16-17-15(14(2)19)13-18(16)3;/h4,13-14,19H,1,5-12H2,2-3H3;1H. The molecular weight excluding hydrogens is 363 g/mol. The Hall–Kier alpha value is -0.360. The number of aromatic amines is 1. The van der Waals surface area contributed by atoms with Crippen LogP contribution in [-0.2, 0) is 13.5 Å². The summed E-state index contributed by atoms with van der Waals surface area (Å²) in [5.74, 6) is 1.21. The van der Waals surface area contributed by atoms with Gasteiger partial charge in [-0.15, -0.1) is 6.58 Å². The second kappa shape index (κ2) is 11.3. The molecular formula is C16H29IN2O. The number of nitrogens with one attached hydrogen (secondary N) is 1. The molecule has 0 amide bonds. The van der Waals surface area contributed by atoms with Crippen molar-refractivity contribution in [1.29, 1.82) is 0 Å². The minimum atomic E-state index is -0.412. The summed E-state index contributed by atoms with van der Waals surface area (Å²) in [5, 5.41) is 9.52. The summed E-state index contributed by atoms with van der Waals surface area (Å²) in [7, 11) is 2.03. The summed E-state index contributed by atoms with van der Waals surface area (Å²) >= 11 is 0. The van der Waals surface area contributed by atoms with E-state index in [1.807, 2.05) is 19.3 Å². The average molecular weight is 392 g/mol. The molecule has 0 aliphatic rings. The third-order valence-corrected chi connectivity index (χ3v) is 3.57. The largest absolute Gasteiger partial charge is 1.00 e. The summed E-state index contributed by atoms with van der Waals surface area (Å²) in [6.07, 6.45) is 13.6. The molecule has 0 fully saturated rings. The number of aliphatic hydroxyl groups excluding tert-OH is 1. The van der Waals surface area contributed by atoms with Gasteiger partial charge in [-0.3, -0.25) is 0 Å². The van der Waals surface area contributed by atoms with Gasteiger partial charge in [0.2, 0.25) is 0 Å². The maximum atomic E-state index is 9.52. The van der Waals surface area contributed by atoms with Crippen molar-refractivity contribution < 1.29 is 33.7 Å². The number of aliphatic hydroxyl groups is 1. The van der Waals surface area contributed by atoms with Crippen LogP contribution in [0.4, 0.5) is 0 Å². The lowest BCUT2D eigenvalue weighted by atomic mass is 10.1. The number of imidazole rings is 1. The molecule has 1 atom stereocenters. The summed E-state index contributed by atoms with van der Waals surface area (Å²) in [6.45, 7) is 5.53. The number of rotatable bonds is 10. The maximum absolute atomic E-state index is 9.52. The van der Waals surface area contributed by atoms with E-state index in [-0.39, 0.29) is 24.0 Å². The molecule has 0 spiro atoms. The van der Waals surface area contributed by atoms with E-state index in [1.165, 1.54) is 44.3 Å². The van der Waals surface area contributed by atoms with Crippen molar-refractivity contribution in [2.75, 3.05) is 0 Å². The molecule has 1 rings (SSSR count). The lowest BCUT2D eigenvalue weighted by molar-refractivity contribution is -0.678. The van der Waals surface area contributed by atoms with Crippen LogP contribution in [0.3, 0.4) is 0 Å². The number of aryl methyl sites for hydroxylation is 2. The maximum Gasteiger partial charge on any atom is 0.254 e. The molecule has 116 valence electrons. The predicted octanol–water partition coefficient (Wildman–Crippen LogP) is 0.356. The first-order chi connectivity index (χ1) is 9.15. The third kappa shape index (κ3) is 7.43. The normalized spacial score (nSPS) is 11.9. The van der Waals surface area contributed by atoms with Gasteiger partial charge >= 0.3 is 0 Å². The Kier molecular flexibility index (Phi) is 11.1. The molecule has 0 aromatic carbocycles. The number of halogens is 1. The Labute approximate surface area is 140 Å². The van der Waals surface area contributed by atoms with Gasteiger partial charge in [-0.2, -0.15) is 0 Å². The Morgan fingerprint density at radius 2 is 1.85 bits per heavy atom. The highest BCUT2D eigenvalue weighted by atomic mass is 127. The smallest absolute Gasteiger partial charge is 0.254 e. The monoisotopic (exact) mass is 392 g/mol. The molecule has 2 N–H and O–H groups in total. The second-order valence-corrected chi connectivity index (χ2v) is 5.39. The number of hydrogen-bond acceptors (Lipinski definition) is 1. The fourth-order valence-corrected chi connectivity index (χ4v) is 2.31. The van der Waals surface area contributed by atoms with E-state index in [9.17, 15) is 5.11 Å². The van der Waals surface area contributed by atoms with Gasteiger partial charge in [-0.25, -0.2) is 9.55 Å². The van der Waals surface area contributed by atoms with Crippen LogP contribution < -0.4 is 28.5 Å². The predicted molar refractivity (Wildman–Crippen MR) is 78.8 cm³/mol. The van der Waals surface area contributed by atoms with Crippen molar-refractivity contribution in [3.05, 3.63) is 30.4 Å². The number of allylic oxidation sites excluding steroid dienone is 1. The highest BCUT2D eigenvalue weighted by Crippen LogP contribution is 2.11. The molecule has 4 heteroatoms. The minimum Gasteiger partial charge on any atom is -1.00 e. The highest BCUT2D eigenvalue weighted by molar-refractivity contribution is 4.97. The van der Waals surface area contributed by atoms with E-state index in [0.717, 1.165) is 18.5 Å². The van der Waals surface area contributed by atoms with Crippen LogP contribution in [0.5, 0.6) is 0 Å². The van der Waals surface area contributed by atoms with Crippen molar-refractivity contribution in [3.8, 4) is 0 Å². The van der Waals surface area contributed by atoms with Crippen LogP contribution in [0, 0.1) is 0 Å². The van der Waals surface area contributed by atoms with E-state index >= 15 is 0 Å². The van der Waals surface area contributed by atoms with E-state index in [4.69, 9.17) is 0 Å². The number of unbranched alkanes of at least 4 members (excludes halogenated alkanes) is 6. The second-order valence-electron chi connectivity index (χ2n) is 5.39.